The van der Waals surface area contributed by atoms with Crippen molar-refractivity contribution in [3.63, 3.8) is 0 Å². The summed E-state index contributed by atoms with van der Waals surface area (Å²) in [5.41, 5.74) is 1.71. The monoisotopic (exact) mass is 330 g/mol. The van der Waals surface area contributed by atoms with Gasteiger partial charge in [0.15, 0.2) is 5.78 Å². The number of cyclic esters (lactones) is 1. The molecule has 1 heterocycles. The van der Waals surface area contributed by atoms with E-state index >= 15 is 0 Å². The number of rotatable bonds is 3. The van der Waals surface area contributed by atoms with Crippen molar-refractivity contribution in [1.29, 1.82) is 0 Å². The highest BCUT2D eigenvalue weighted by atomic mass is 16.5. The van der Waals surface area contributed by atoms with Gasteiger partial charge in [-0.3, -0.25) is 9.59 Å². The van der Waals surface area contributed by atoms with Crippen LogP contribution in [0.2, 0.25) is 0 Å². The zero-order chi connectivity index (χ0) is 16.7. The number of esters is 1. The maximum Gasteiger partial charge on any atom is 0.309 e. The van der Waals surface area contributed by atoms with Crippen LogP contribution in [0, 0.1) is 29.1 Å². The Kier molecular flexibility index (Phi) is 4.30. The number of allylic oxidation sites excluding steroid dienone is 2. The van der Waals surface area contributed by atoms with Gasteiger partial charge in [0.1, 0.15) is 0 Å². The van der Waals surface area contributed by atoms with Crippen molar-refractivity contribution in [3.8, 4) is 0 Å². The van der Waals surface area contributed by atoms with E-state index in [1.54, 1.807) is 0 Å². The Labute approximate surface area is 145 Å². The van der Waals surface area contributed by atoms with Gasteiger partial charge in [-0.25, -0.2) is 0 Å². The Hall–Kier alpha value is -1.12. The van der Waals surface area contributed by atoms with Crippen LogP contribution in [0.25, 0.3) is 0 Å². The standard InChI is InChI=1S/C21H30O3/c1-21-11-9-17(22)13-16(21)7-8-18-14(3-2-4-19(18)21)5-6-15-10-12-24-20(15)23/h13-15,18-19H,2-12H2,1H3/t14?,15-,18?,19?,21?/m0/s1. The first kappa shape index (κ1) is 16.4. The molecule has 3 heteroatoms. The number of carbonyl (C=O) groups excluding carboxylic acids is 2. The lowest BCUT2D eigenvalue weighted by molar-refractivity contribution is -0.141. The molecule has 0 aromatic rings. The summed E-state index contributed by atoms with van der Waals surface area (Å²) in [5, 5.41) is 0. The molecule has 0 N–H and O–H groups in total. The topological polar surface area (TPSA) is 43.4 Å². The Bertz CT molecular complexity index is 563. The SMILES string of the molecule is CC12CCC(=O)C=C1CCC1C(CC[C@H]3CCOC3=O)CCCC12. The third-order valence-corrected chi connectivity index (χ3v) is 7.67. The summed E-state index contributed by atoms with van der Waals surface area (Å²) in [4.78, 5) is 23.6. The number of fused-ring (bicyclic) bond motifs is 3. The Balaban J connectivity index is 1.47. The third kappa shape index (κ3) is 2.74. The van der Waals surface area contributed by atoms with E-state index in [0.29, 0.717) is 12.4 Å². The fourth-order valence-electron chi connectivity index (χ4n) is 6.24. The van der Waals surface area contributed by atoms with Gasteiger partial charge in [-0.1, -0.05) is 25.3 Å². The molecule has 0 amide bonds. The first-order chi connectivity index (χ1) is 11.6. The molecule has 4 rings (SSSR count). The Morgan fingerprint density at radius 3 is 2.79 bits per heavy atom. The summed E-state index contributed by atoms with van der Waals surface area (Å²) in [6.45, 7) is 3.05. The van der Waals surface area contributed by atoms with Crippen molar-refractivity contribution in [3.05, 3.63) is 11.6 Å². The summed E-state index contributed by atoms with van der Waals surface area (Å²) in [6, 6.07) is 0. The van der Waals surface area contributed by atoms with Gasteiger partial charge in [-0.15, -0.1) is 0 Å². The predicted molar refractivity (Wildman–Crippen MR) is 92.3 cm³/mol. The van der Waals surface area contributed by atoms with E-state index < -0.39 is 0 Å². The molecule has 0 bridgehead atoms. The lowest BCUT2D eigenvalue weighted by Gasteiger charge is -2.54. The van der Waals surface area contributed by atoms with Crippen LogP contribution in [0.3, 0.4) is 0 Å². The van der Waals surface area contributed by atoms with E-state index in [4.69, 9.17) is 4.74 Å². The van der Waals surface area contributed by atoms with Gasteiger partial charge in [0.25, 0.3) is 0 Å². The smallest absolute Gasteiger partial charge is 0.309 e. The number of hydrogen-bond acceptors (Lipinski definition) is 3. The van der Waals surface area contributed by atoms with Gasteiger partial charge in [0.05, 0.1) is 12.5 Å². The maximum atomic E-state index is 11.8. The Morgan fingerprint density at radius 2 is 2.00 bits per heavy atom. The van der Waals surface area contributed by atoms with E-state index in [0.717, 1.165) is 49.9 Å². The Morgan fingerprint density at radius 1 is 1.12 bits per heavy atom. The molecule has 1 saturated heterocycles. The molecule has 3 nitrogen and oxygen atoms in total. The van der Waals surface area contributed by atoms with E-state index in [1.807, 2.05) is 6.08 Å². The molecule has 3 aliphatic carbocycles. The van der Waals surface area contributed by atoms with Crippen LogP contribution in [-0.2, 0) is 14.3 Å². The predicted octanol–water partition coefficient (Wildman–Crippen LogP) is 4.45. The normalized spacial score (nSPS) is 42.1. The minimum Gasteiger partial charge on any atom is -0.465 e. The fourth-order valence-corrected chi connectivity index (χ4v) is 6.24. The lowest BCUT2D eigenvalue weighted by atomic mass is 9.50. The average molecular weight is 330 g/mol. The van der Waals surface area contributed by atoms with E-state index in [2.05, 4.69) is 6.92 Å². The van der Waals surface area contributed by atoms with Crippen LogP contribution < -0.4 is 0 Å². The highest BCUT2D eigenvalue weighted by Crippen LogP contribution is 2.58. The summed E-state index contributed by atoms with van der Waals surface area (Å²) in [6.07, 6.45) is 13.3. The maximum absolute atomic E-state index is 11.8. The molecule has 0 radical (unpaired) electrons. The molecular weight excluding hydrogens is 300 g/mol. The zero-order valence-electron chi connectivity index (χ0n) is 14.9. The second kappa shape index (κ2) is 6.31. The highest BCUT2D eigenvalue weighted by Gasteiger charge is 2.49. The minimum atomic E-state index is 0.0361. The quantitative estimate of drug-likeness (QED) is 0.718. The molecular formula is C21H30O3. The summed E-state index contributed by atoms with van der Waals surface area (Å²) in [7, 11) is 0. The van der Waals surface area contributed by atoms with E-state index in [1.165, 1.54) is 37.7 Å². The molecule has 2 saturated carbocycles. The van der Waals surface area contributed by atoms with Crippen LogP contribution in [-0.4, -0.2) is 18.4 Å². The van der Waals surface area contributed by atoms with Crippen LogP contribution in [0.15, 0.2) is 11.6 Å². The molecule has 3 fully saturated rings. The lowest BCUT2D eigenvalue weighted by Crippen LogP contribution is -2.45. The number of hydrogen-bond donors (Lipinski definition) is 0. The van der Waals surface area contributed by atoms with Gasteiger partial charge in [0, 0.05) is 6.42 Å². The first-order valence-corrected chi connectivity index (χ1v) is 9.98. The van der Waals surface area contributed by atoms with Crippen molar-refractivity contribution in [2.24, 2.45) is 29.1 Å². The minimum absolute atomic E-state index is 0.0361. The summed E-state index contributed by atoms with van der Waals surface area (Å²) < 4.78 is 5.13. The van der Waals surface area contributed by atoms with Gasteiger partial charge in [-0.2, -0.15) is 0 Å². The number of ketones is 1. The summed E-state index contributed by atoms with van der Waals surface area (Å²) in [5.74, 6) is 2.86. The van der Waals surface area contributed by atoms with Crippen LogP contribution in [0.4, 0.5) is 0 Å². The fraction of sp³-hybridized carbons (Fsp3) is 0.810. The number of carbonyl (C=O) groups is 2. The van der Waals surface area contributed by atoms with Crippen molar-refractivity contribution in [2.75, 3.05) is 6.61 Å². The van der Waals surface area contributed by atoms with Crippen LogP contribution in [0.5, 0.6) is 0 Å². The molecule has 1 aliphatic heterocycles. The van der Waals surface area contributed by atoms with Crippen molar-refractivity contribution >= 4 is 11.8 Å². The van der Waals surface area contributed by atoms with Crippen molar-refractivity contribution in [2.45, 2.75) is 71.1 Å². The molecule has 4 unspecified atom stereocenters. The van der Waals surface area contributed by atoms with Gasteiger partial charge < -0.3 is 4.74 Å². The molecule has 4 aliphatic rings. The van der Waals surface area contributed by atoms with E-state index in [-0.39, 0.29) is 17.3 Å². The second-order valence-electron chi connectivity index (χ2n) is 8.78. The molecule has 0 aromatic carbocycles. The third-order valence-electron chi connectivity index (χ3n) is 7.67. The molecule has 0 aromatic heterocycles. The number of ether oxygens (including phenoxy) is 1. The van der Waals surface area contributed by atoms with Crippen LogP contribution in [0.1, 0.15) is 71.1 Å². The largest absolute Gasteiger partial charge is 0.465 e. The average Bonchev–Trinajstić information content (AvgIpc) is 2.99. The summed E-state index contributed by atoms with van der Waals surface area (Å²) >= 11 is 0. The van der Waals surface area contributed by atoms with Gasteiger partial charge >= 0.3 is 5.97 Å². The molecule has 5 atom stereocenters. The first-order valence-electron chi connectivity index (χ1n) is 9.98. The zero-order valence-corrected chi connectivity index (χ0v) is 14.9. The van der Waals surface area contributed by atoms with Crippen molar-refractivity contribution in [1.82, 2.24) is 0 Å². The van der Waals surface area contributed by atoms with Gasteiger partial charge in [0.2, 0.25) is 0 Å². The van der Waals surface area contributed by atoms with Crippen molar-refractivity contribution < 1.29 is 14.3 Å². The molecule has 132 valence electrons. The molecule has 24 heavy (non-hydrogen) atoms. The highest BCUT2D eigenvalue weighted by molar-refractivity contribution is 5.91. The molecule has 0 spiro atoms. The van der Waals surface area contributed by atoms with Gasteiger partial charge in [-0.05, 0) is 74.2 Å². The van der Waals surface area contributed by atoms with Crippen LogP contribution >= 0.6 is 0 Å². The van der Waals surface area contributed by atoms with E-state index in [9.17, 15) is 9.59 Å². The second-order valence-corrected chi connectivity index (χ2v) is 8.78.